The first-order chi connectivity index (χ1) is 2.27. The number of hydrogen-bond donors (Lipinski definition) is 1. The molecule has 0 bridgehead atoms. The van der Waals surface area contributed by atoms with Crippen molar-refractivity contribution in [3.63, 3.8) is 0 Å². The molecule has 0 atom stereocenters. The smallest absolute Gasteiger partial charge is 0.381 e. The van der Waals surface area contributed by atoms with Crippen molar-refractivity contribution in [1.82, 2.24) is 0 Å². The molecule has 3 heteroatoms. The fourth-order valence-corrected chi connectivity index (χ4v) is 0. The molecule has 31 valence electrons. The average Bonchev–Trinajstić information content (AvgIpc) is 1.38. The van der Waals surface area contributed by atoms with Gasteiger partial charge in [0.1, 0.15) is 0 Å². The molecular weight excluding hydrogens is 119 g/mol. The predicted octanol–water partition coefficient (Wildman–Crippen LogP) is -0.298. The van der Waals surface area contributed by atoms with Crippen LogP contribution in [0.3, 0.4) is 0 Å². The molecule has 0 unspecified atom stereocenters. The van der Waals surface area contributed by atoms with Crippen LogP contribution < -0.4 is 0 Å². The maximum Gasteiger partial charge on any atom is 0.381 e. The minimum Gasteiger partial charge on any atom is -0.472 e. The van der Waals surface area contributed by atoms with Gasteiger partial charge in [0.2, 0.25) is 0 Å². The minimum atomic E-state index is -1.22. The molecule has 0 saturated carbocycles. The van der Waals surface area contributed by atoms with Crippen LogP contribution >= 0.6 is 0 Å². The Morgan fingerprint density at radius 2 is 2.00 bits per heavy atom. The fraction of sp³-hybridized carbons (Fsp3) is 0. The van der Waals surface area contributed by atoms with Crippen molar-refractivity contribution in [3.05, 3.63) is 0 Å². The number of aliphatic carboxylic acids is 1. The second-order valence-electron chi connectivity index (χ2n) is 0.449. The summed E-state index contributed by atoms with van der Waals surface area (Å²) in [7, 11) is 0. The molecule has 0 aliphatic heterocycles. The number of hydrogen-bond acceptors (Lipinski definition) is 1. The molecule has 1 radical (unpaired) electrons. The summed E-state index contributed by atoms with van der Waals surface area (Å²) in [5.74, 6) is 0.227. The first kappa shape index (κ1) is 9.15. The van der Waals surface area contributed by atoms with Gasteiger partial charge in [0.25, 0.3) is 0 Å². The summed E-state index contributed by atoms with van der Waals surface area (Å²) in [6.07, 6.45) is 4.32. The van der Waals surface area contributed by atoms with Crippen LogP contribution in [-0.2, 0) is 23.4 Å². The molecule has 0 aromatic heterocycles. The molecular formula is C3H2O2V. The van der Waals surface area contributed by atoms with E-state index in [9.17, 15) is 0 Å². The Morgan fingerprint density at radius 1 is 1.83 bits per heavy atom. The summed E-state index contributed by atoms with van der Waals surface area (Å²) in [6, 6.07) is 0. The molecule has 2 nitrogen and oxygen atoms in total. The van der Waals surface area contributed by atoms with E-state index in [2.05, 4.69) is 6.42 Å². The molecule has 0 heterocycles. The number of carboxylic acids is 1. The van der Waals surface area contributed by atoms with Crippen LogP contribution in [0, 0.1) is 12.3 Å². The van der Waals surface area contributed by atoms with Crippen LogP contribution in [0.5, 0.6) is 0 Å². The third-order valence-corrected chi connectivity index (χ3v) is 0.123. The van der Waals surface area contributed by atoms with Crippen molar-refractivity contribution in [1.29, 1.82) is 0 Å². The van der Waals surface area contributed by atoms with Crippen LogP contribution in [-0.4, -0.2) is 11.1 Å². The Hall–Kier alpha value is -0.386. The molecule has 0 spiro atoms. The monoisotopic (exact) mass is 121 g/mol. The minimum absolute atomic E-state index is 0. The number of carboxylic acid groups (broad SMARTS) is 1. The first-order valence-corrected chi connectivity index (χ1v) is 0.966. The molecule has 1 N–H and O–H groups in total. The molecule has 0 amide bonds. The van der Waals surface area contributed by atoms with Crippen LogP contribution in [0.1, 0.15) is 0 Å². The first-order valence-electron chi connectivity index (χ1n) is 0.966. The fourth-order valence-electron chi connectivity index (χ4n) is 0. The molecule has 0 aromatic carbocycles. The van der Waals surface area contributed by atoms with E-state index in [4.69, 9.17) is 9.90 Å². The molecule has 0 aliphatic rings. The predicted molar refractivity (Wildman–Crippen MR) is 16.5 cm³/mol. The maximum absolute atomic E-state index is 9.13. The van der Waals surface area contributed by atoms with Crippen molar-refractivity contribution in [2.24, 2.45) is 0 Å². The van der Waals surface area contributed by atoms with Gasteiger partial charge in [0, 0.05) is 24.5 Å². The molecule has 0 fully saturated rings. The molecule has 0 aromatic rings. The summed E-state index contributed by atoms with van der Waals surface area (Å²) in [5, 5.41) is 7.49. The van der Waals surface area contributed by atoms with Gasteiger partial charge in [-0.2, -0.15) is 0 Å². The third-order valence-electron chi connectivity index (χ3n) is 0.123. The normalized spacial score (nSPS) is 4.50. The Kier molecular flexibility index (Phi) is 7.04. The van der Waals surface area contributed by atoms with E-state index in [-0.39, 0.29) is 18.6 Å². The molecule has 0 saturated heterocycles. The molecule has 0 aliphatic carbocycles. The van der Waals surface area contributed by atoms with Gasteiger partial charge in [-0.15, -0.1) is 6.42 Å². The SMILES string of the molecule is C#CC(=O)O.[V]. The van der Waals surface area contributed by atoms with Gasteiger partial charge in [-0.25, -0.2) is 4.79 Å². The third kappa shape index (κ3) is 9.48. The van der Waals surface area contributed by atoms with Gasteiger partial charge in [0.15, 0.2) is 0 Å². The van der Waals surface area contributed by atoms with Crippen molar-refractivity contribution in [3.8, 4) is 12.3 Å². The Bertz CT molecular complexity index is 81.3. The van der Waals surface area contributed by atoms with E-state index in [0.29, 0.717) is 0 Å². The summed E-state index contributed by atoms with van der Waals surface area (Å²) >= 11 is 0. The van der Waals surface area contributed by atoms with E-state index in [1.807, 2.05) is 0 Å². The van der Waals surface area contributed by atoms with Gasteiger partial charge < -0.3 is 5.11 Å². The molecule has 0 rings (SSSR count). The van der Waals surface area contributed by atoms with E-state index in [1.165, 1.54) is 5.92 Å². The number of rotatable bonds is 0. The van der Waals surface area contributed by atoms with E-state index < -0.39 is 5.97 Å². The topological polar surface area (TPSA) is 37.3 Å². The van der Waals surface area contributed by atoms with E-state index >= 15 is 0 Å². The quantitative estimate of drug-likeness (QED) is 0.447. The average molecular weight is 121 g/mol. The zero-order valence-electron chi connectivity index (χ0n) is 2.88. The van der Waals surface area contributed by atoms with Crippen molar-refractivity contribution < 1.29 is 28.5 Å². The summed E-state index contributed by atoms with van der Waals surface area (Å²) in [4.78, 5) is 9.13. The van der Waals surface area contributed by atoms with Crippen molar-refractivity contribution in [2.75, 3.05) is 0 Å². The number of carbonyl (C=O) groups is 1. The second kappa shape index (κ2) is 4.61. The number of terminal acetylenes is 1. The van der Waals surface area contributed by atoms with E-state index in [1.54, 1.807) is 0 Å². The summed E-state index contributed by atoms with van der Waals surface area (Å²) in [5.41, 5.74) is 0. The Morgan fingerprint density at radius 3 is 2.00 bits per heavy atom. The van der Waals surface area contributed by atoms with Crippen LogP contribution in [0.4, 0.5) is 0 Å². The van der Waals surface area contributed by atoms with Crippen molar-refractivity contribution >= 4 is 5.97 Å². The van der Waals surface area contributed by atoms with Crippen LogP contribution in [0.2, 0.25) is 0 Å². The van der Waals surface area contributed by atoms with Crippen molar-refractivity contribution in [2.45, 2.75) is 0 Å². The molecule has 6 heavy (non-hydrogen) atoms. The largest absolute Gasteiger partial charge is 0.472 e. The van der Waals surface area contributed by atoms with Gasteiger partial charge in [0.05, 0.1) is 0 Å². The van der Waals surface area contributed by atoms with Crippen LogP contribution in [0.25, 0.3) is 0 Å². The Balaban J connectivity index is 0. The maximum atomic E-state index is 9.13. The second-order valence-corrected chi connectivity index (χ2v) is 0.449. The Labute approximate surface area is 47.4 Å². The van der Waals surface area contributed by atoms with Gasteiger partial charge in [-0.1, -0.05) is 0 Å². The van der Waals surface area contributed by atoms with E-state index in [0.717, 1.165) is 0 Å². The zero-order valence-corrected chi connectivity index (χ0v) is 4.28. The van der Waals surface area contributed by atoms with Gasteiger partial charge in [-0.05, 0) is 0 Å². The summed E-state index contributed by atoms with van der Waals surface area (Å²) in [6.45, 7) is 0. The zero-order chi connectivity index (χ0) is 4.28. The standard InChI is InChI=1S/C3H2O2.V/c1-2-3(4)5;/h1H,(H,4,5);. The van der Waals surface area contributed by atoms with Gasteiger partial charge in [-0.3, -0.25) is 0 Å². The van der Waals surface area contributed by atoms with Gasteiger partial charge >= 0.3 is 5.97 Å². The summed E-state index contributed by atoms with van der Waals surface area (Å²) < 4.78 is 0. The van der Waals surface area contributed by atoms with Crippen LogP contribution in [0.15, 0.2) is 0 Å².